The van der Waals surface area contributed by atoms with E-state index in [0.29, 0.717) is 13.2 Å². The molecule has 28 heavy (non-hydrogen) atoms. The molecular formula is C21H35N5O2. The molecule has 1 atom stereocenters. The molecule has 0 spiro atoms. The van der Waals surface area contributed by atoms with Crippen LogP contribution in [0.3, 0.4) is 0 Å². The first kappa shape index (κ1) is 22.2. The number of guanidine groups is 1. The Balaban J connectivity index is 1.91. The molecule has 1 heterocycles. The third-order valence-electron chi connectivity index (χ3n) is 4.81. The Hall–Kier alpha value is -2.12. The quantitative estimate of drug-likeness (QED) is 0.320. The Morgan fingerprint density at radius 3 is 2.89 bits per heavy atom. The van der Waals surface area contributed by atoms with E-state index in [0.717, 1.165) is 58.1 Å². The predicted octanol–water partition coefficient (Wildman–Crippen LogP) is 1.48. The molecule has 1 unspecified atom stereocenters. The van der Waals surface area contributed by atoms with Gasteiger partial charge in [-0.2, -0.15) is 0 Å². The maximum absolute atomic E-state index is 11.5. The Bertz CT molecular complexity index is 635. The van der Waals surface area contributed by atoms with E-state index in [4.69, 9.17) is 10.5 Å². The minimum Gasteiger partial charge on any atom is -0.380 e. The van der Waals surface area contributed by atoms with Crippen LogP contribution in [0, 0.1) is 5.92 Å². The van der Waals surface area contributed by atoms with Crippen LogP contribution < -0.4 is 16.4 Å². The fourth-order valence-electron chi connectivity index (χ4n) is 3.41. The van der Waals surface area contributed by atoms with Crippen LogP contribution in [-0.2, 0) is 22.6 Å². The van der Waals surface area contributed by atoms with Crippen molar-refractivity contribution in [1.82, 2.24) is 15.5 Å². The smallest absolute Gasteiger partial charge is 0.221 e. The first-order valence-electron chi connectivity index (χ1n) is 10.3. The van der Waals surface area contributed by atoms with E-state index in [1.54, 1.807) is 0 Å². The number of hydrogen-bond acceptors (Lipinski definition) is 4. The lowest BCUT2D eigenvalue weighted by Crippen LogP contribution is -2.40. The van der Waals surface area contributed by atoms with E-state index in [2.05, 4.69) is 51.7 Å². The highest BCUT2D eigenvalue weighted by molar-refractivity contribution is 5.79. The number of carbonyl (C=O) groups is 1. The number of piperidine rings is 1. The second-order valence-corrected chi connectivity index (χ2v) is 7.12. The molecule has 0 radical (unpaired) electrons. The first-order valence-corrected chi connectivity index (χ1v) is 10.3. The van der Waals surface area contributed by atoms with Crippen LogP contribution in [0.5, 0.6) is 0 Å². The summed E-state index contributed by atoms with van der Waals surface area (Å²) in [6.07, 6.45) is 1.93. The summed E-state index contributed by atoms with van der Waals surface area (Å²) in [5.41, 5.74) is 7.90. The van der Waals surface area contributed by atoms with Crippen molar-refractivity contribution in [3.05, 3.63) is 35.4 Å². The number of benzene rings is 1. The van der Waals surface area contributed by atoms with Crippen molar-refractivity contribution in [2.45, 2.75) is 39.8 Å². The molecule has 1 aromatic rings. The summed E-state index contributed by atoms with van der Waals surface area (Å²) < 4.78 is 5.36. The van der Waals surface area contributed by atoms with Gasteiger partial charge in [0.25, 0.3) is 0 Å². The summed E-state index contributed by atoms with van der Waals surface area (Å²) in [5.74, 6) is 0.598. The van der Waals surface area contributed by atoms with Crippen LogP contribution in [0.25, 0.3) is 0 Å². The fourth-order valence-corrected chi connectivity index (χ4v) is 3.41. The third kappa shape index (κ3) is 7.86. The summed E-state index contributed by atoms with van der Waals surface area (Å²) in [6.45, 7) is 10.2. The lowest BCUT2D eigenvalue weighted by atomic mass is 9.97. The van der Waals surface area contributed by atoms with Crippen molar-refractivity contribution < 1.29 is 9.53 Å². The molecule has 1 aliphatic rings. The Morgan fingerprint density at radius 1 is 1.32 bits per heavy atom. The van der Waals surface area contributed by atoms with E-state index in [9.17, 15) is 4.79 Å². The van der Waals surface area contributed by atoms with Gasteiger partial charge in [0.15, 0.2) is 5.96 Å². The summed E-state index contributed by atoms with van der Waals surface area (Å²) in [6, 6.07) is 8.50. The lowest BCUT2D eigenvalue weighted by Gasteiger charge is -2.31. The molecule has 1 fully saturated rings. The molecule has 1 aliphatic heterocycles. The van der Waals surface area contributed by atoms with Crippen LogP contribution in [0.4, 0.5) is 0 Å². The second-order valence-electron chi connectivity index (χ2n) is 7.12. The number of amides is 1. The lowest BCUT2D eigenvalue weighted by molar-refractivity contribution is -0.123. The van der Waals surface area contributed by atoms with Crippen molar-refractivity contribution in [1.29, 1.82) is 0 Å². The number of primary amides is 1. The molecule has 7 nitrogen and oxygen atoms in total. The summed E-state index contributed by atoms with van der Waals surface area (Å²) in [4.78, 5) is 18.5. The zero-order valence-corrected chi connectivity index (χ0v) is 17.2. The molecule has 0 aromatic heterocycles. The van der Waals surface area contributed by atoms with Gasteiger partial charge < -0.3 is 21.1 Å². The van der Waals surface area contributed by atoms with E-state index in [-0.39, 0.29) is 11.8 Å². The molecule has 156 valence electrons. The van der Waals surface area contributed by atoms with Crippen molar-refractivity contribution >= 4 is 11.9 Å². The van der Waals surface area contributed by atoms with Crippen LogP contribution in [-0.4, -0.2) is 56.2 Å². The molecule has 4 N–H and O–H groups in total. The van der Waals surface area contributed by atoms with Crippen molar-refractivity contribution in [2.24, 2.45) is 16.6 Å². The number of likely N-dealkylation sites (tertiary alicyclic amines) is 1. The summed E-state index contributed by atoms with van der Waals surface area (Å²) in [7, 11) is 0. The molecule has 0 aliphatic carbocycles. The number of nitrogens with two attached hydrogens (primary N) is 1. The van der Waals surface area contributed by atoms with E-state index < -0.39 is 0 Å². The van der Waals surface area contributed by atoms with Crippen LogP contribution >= 0.6 is 0 Å². The maximum Gasteiger partial charge on any atom is 0.221 e. The van der Waals surface area contributed by atoms with Crippen molar-refractivity contribution in [2.75, 3.05) is 39.4 Å². The van der Waals surface area contributed by atoms with E-state index in [1.807, 2.05) is 6.92 Å². The largest absolute Gasteiger partial charge is 0.380 e. The molecule has 1 aromatic carbocycles. The average molecular weight is 390 g/mol. The van der Waals surface area contributed by atoms with Crippen molar-refractivity contribution in [3.8, 4) is 0 Å². The monoisotopic (exact) mass is 389 g/mol. The van der Waals surface area contributed by atoms with Gasteiger partial charge in [-0.15, -0.1) is 0 Å². The topological polar surface area (TPSA) is 92.0 Å². The minimum absolute atomic E-state index is 0.0213. The van der Waals surface area contributed by atoms with Gasteiger partial charge in [-0.3, -0.25) is 9.69 Å². The number of carbonyl (C=O) groups excluding carboxylic acids is 1. The Morgan fingerprint density at radius 2 is 2.14 bits per heavy atom. The van der Waals surface area contributed by atoms with Gasteiger partial charge in [-0.1, -0.05) is 24.3 Å². The second kappa shape index (κ2) is 12.4. The molecule has 7 heteroatoms. The minimum atomic E-state index is -0.180. The molecule has 2 rings (SSSR count). The van der Waals surface area contributed by atoms with Crippen molar-refractivity contribution in [3.63, 3.8) is 0 Å². The van der Waals surface area contributed by atoms with E-state index >= 15 is 0 Å². The normalized spacial score (nSPS) is 18.1. The van der Waals surface area contributed by atoms with Gasteiger partial charge in [-0.25, -0.2) is 4.99 Å². The highest BCUT2D eigenvalue weighted by atomic mass is 16.5. The fraction of sp³-hybridized carbons (Fsp3) is 0.619. The van der Waals surface area contributed by atoms with Gasteiger partial charge in [0, 0.05) is 32.8 Å². The van der Waals surface area contributed by atoms with E-state index in [1.165, 1.54) is 11.1 Å². The van der Waals surface area contributed by atoms with Gasteiger partial charge in [0.2, 0.25) is 5.91 Å². The maximum atomic E-state index is 11.5. The Labute approximate surface area is 168 Å². The molecule has 1 saturated heterocycles. The molecule has 1 amide bonds. The first-order chi connectivity index (χ1) is 13.6. The molecule has 0 bridgehead atoms. The molecule has 0 saturated carbocycles. The number of rotatable bonds is 10. The number of ether oxygens (including phenoxy) is 1. The zero-order valence-electron chi connectivity index (χ0n) is 17.2. The zero-order chi connectivity index (χ0) is 20.2. The number of nitrogens with one attached hydrogen (secondary N) is 2. The Kier molecular flexibility index (Phi) is 9.79. The van der Waals surface area contributed by atoms with Gasteiger partial charge in [-0.05, 0) is 44.4 Å². The SMILES string of the molecule is CCNC(=NCc1cccc(CN2CCCC(C(N)=O)C2)c1)NCCOCC. The number of aliphatic imine (C=N–C) groups is 1. The highest BCUT2D eigenvalue weighted by Gasteiger charge is 2.23. The number of nitrogens with zero attached hydrogens (tertiary/aromatic N) is 2. The summed E-state index contributed by atoms with van der Waals surface area (Å²) in [5, 5.41) is 6.54. The summed E-state index contributed by atoms with van der Waals surface area (Å²) >= 11 is 0. The van der Waals surface area contributed by atoms with Gasteiger partial charge in [0.05, 0.1) is 19.1 Å². The molecular weight excluding hydrogens is 354 g/mol. The van der Waals surface area contributed by atoms with Gasteiger partial charge in [0.1, 0.15) is 0 Å². The highest BCUT2D eigenvalue weighted by Crippen LogP contribution is 2.19. The van der Waals surface area contributed by atoms with Crippen LogP contribution in [0.15, 0.2) is 29.3 Å². The standard InChI is InChI=1S/C21H35N5O2/c1-3-23-21(24-10-12-28-4-2)25-14-17-7-5-8-18(13-17)15-26-11-6-9-19(16-26)20(22)27/h5,7-8,13,19H,3-4,6,9-12,14-16H2,1-2H3,(H2,22,27)(H2,23,24,25). The van der Waals surface area contributed by atoms with Crippen LogP contribution in [0.2, 0.25) is 0 Å². The van der Waals surface area contributed by atoms with Gasteiger partial charge >= 0.3 is 0 Å². The number of hydrogen-bond donors (Lipinski definition) is 3. The third-order valence-corrected chi connectivity index (χ3v) is 4.81. The average Bonchev–Trinajstić information content (AvgIpc) is 2.70. The van der Waals surface area contributed by atoms with Crippen LogP contribution in [0.1, 0.15) is 37.8 Å². The predicted molar refractivity (Wildman–Crippen MR) is 113 cm³/mol.